The van der Waals surface area contributed by atoms with E-state index in [0.29, 0.717) is 34.9 Å². The Morgan fingerprint density at radius 3 is 2.46 bits per heavy atom. The van der Waals surface area contributed by atoms with E-state index in [1.165, 1.54) is 26.4 Å². The number of nitrogens with one attached hydrogen (secondary N) is 1. The van der Waals surface area contributed by atoms with Gasteiger partial charge in [-0.3, -0.25) is 4.79 Å². The van der Waals surface area contributed by atoms with Crippen LogP contribution in [0.2, 0.25) is 0 Å². The number of anilines is 1. The molecule has 0 aliphatic carbocycles. The molecule has 7 heteroatoms. The van der Waals surface area contributed by atoms with Gasteiger partial charge in [0.05, 0.1) is 25.9 Å². The number of carboxylic acids is 1. The summed E-state index contributed by atoms with van der Waals surface area (Å²) in [7, 11) is 3.03. The Labute approximate surface area is 164 Å². The second-order valence-electron chi connectivity index (χ2n) is 6.18. The van der Waals surface area contributed by atoms with Gasteiger partial charge in [0, 0.05) is 18.4 Å². The molecule has 2 aromatic carbocycles. The van der Waals surface area contributed by atoms with Gasteiger partial charge < -0.3 is 24.6 Å². The number of amides is 1. The number of carbonyl (C=O) groups is 2. The third kappa shape index (κ3) is 5.72. The number of aromatic carboxylic acids is 1. The molecule has 0 aliphatic heterocycles. The Morgan fingerprint density at radius 1 is 1.04 bits per heavy atom. The average Bonchev–Trinajstić information content (AvgIpc) is 2.68. The number of ether oxygens (including phenoxy) is 3. The van der Waals surface area contributed by atoms with Crippen molar-refractivity contribution in [3.8, 4) is 11.5 Å². The van der Waals surface area contributed by atoms with Crippen molar-refractivity contribution in [3.63, 3.8) is 0 Å². The number of rotatable bonds is 10. The van der Waals surface area contributed by atoms with Gasteiger partial charge in [-0.05, 0) is 48.4 Å². The number of benzene rings is 2. The molecule has 0 bridgehead atoms. The molecule has 150 valence electrons. The molecule has 0 fully saturated rings. The first-order valence-corrected chi connectivity index (χ1v) is 8.96. The SMILES string of the molecule is CCCCOc1ccc(C(=O)Nc2cc(COC)cc(C(=O)O)c2)cc1OC. The Bertz CT molecular complexity index is 834. The van der Waals surface area contributed by atoms with Crippen molar-refractivity contribution in [2.24, 2.45) is 0 Å². The molecule has 0 aromatic heterocycles. The standard InChI is InChI=1S/C21H25NO6/c1-4-5-8-28-18-7-6-15(12-19(18)27-3)20(23)22-17-10-14(13-26-2)9-16(11-17)21(24)25/h6-7,9-12H,4-5,8,13H2,1-3H3,(H,22,23)(H,24,25). The molecule has 0 spiro atoms. The molecule has 0 aliphatic rings. The minimum absolute atomic E-state index is 0.0714. The van der Waals surface area contributed by atoms with Crippen LogP contribution in [0, 0.1) is 0 Å². The molecular formula is C21H25NO6. The molecule has 2 rings (SSSR count). The molecule has 2 aromatic rings. The molecule has 2 N–H and O–H groups in total. The predicted molar refractivity (Wildman–Crippen MR) is 105 cm³/mol. The van der Waals surface area contributed by atoms with E-state index in [1.54, 1.807) is 24.3 Å². The monoisotopic (exact) mass is 387 g/mol. The van der Waals surface area contributed by atoms with Gasteiger partial charge in [0.15, 0.2) is 11.5 Å². The Morgan fingerprint density at radius 2 is 1.82 bits per heavy atom. The van der Waals surface area contributed by atoms with Crippen molar-refractivity contribution in [2.45, 2.75) is 26.4 Å². The molecule has 0 atom stereocenters. The van der Waals surface area contributed by atoms with E-state index in [2.05, 4.69) is 12.2 Å². The number of hydrogen-bond donors (Lipinski definition) is 2. The van der Waals surface area contributed by atoms with Crippen molar-refractivity contribution in [1.82, 2.24) is 0 Å². The molecular weight excluding hydrogens is 362 g/mol. The van der Waals surface area contributed by atoms with E-state index in [4.69, 9.17) is 14.2 Å². The topological polar surface area (TPSA) is 94.1 Å². The fraction of sp³-hybridized carbons (Fsp3) is 0.333. The molecule has 0 unspecified atom stereocenters. The van der Waals surface area contributed by atoms with Crippen LogP contribution < -0.4 is 14.8 Å². The summed E-state index contributed by atoms with van der Waals surface area (Å²) in [5.41, 5.74) is 1.46. The molecule has 0 saturated heterocycles. The lowest BCUT2D eigenvalue weighted by Gasteiger charge is -2.13. The zero-order valence-corrected chi connectivity index (χ0v) is 16.3. The number of unbranched alkanes of at least 4 members (excludes halogenated alkanes) is 1. The van der Waals surface area contributed by atoms with Crippen LogP contribution in [-0.4, -0.2) is 37.8 Å². The van der Waals surface area contributed by atoms with Crippen LogP contribution in [0.25, 0.3) is 0 Å². The highest BCUT2D eigenvalue weighted by Gasteiger charge is 2.14. The highest BCUT2D eigenvalue weighted by molar-refractivity contribution is 6.05. The summed E-state index contributed by atoms with van der Waals surface area (Å²) in [5, 5.41) is 12.0. The highest BCUT2D eigenvalue weighted by atomic mass is 16.5. The van der Waals surface area contributed by atoms with Gasteiger partial charge in [0.25, 0.3) is 5.91 Å². The quantitative estimate of drug-likeness (QED) is 0.599. The van der Waals surface area contributed by atoms with Crippen LogP contribution in [0.5, 0.6) is 11.5 Å². The van der Waals surface area contributed by atoms with Gasteiger partial charge in [0.2, 0.25) is 0 Å². The smallest absolute Gasteiger partial charge is 0.335 e. The second kappa shape index (κ2) is 10.3. The van der Waals surface area contributed by atoms with Crippen LogP contribution in [0.1, 0.15) is 46.0 Å². The summed E-state index contributed by atoms with van der Waals surface area (Å²) < 4.78 is 16.0. The summed E-state index contributed by atoms with van der Waals surface area (Å²) in [4.78, 5) is 23.9. The summed E-state index contributed by atoms with van der Waals surface area (Å²) in [6.07, 6.45) is 1.94. The van der Waals surface area contributed by atoms with Crippen molar-refractivity contribution in [1.29, 1.82) is 0 Å². The predicted octanol–water partition coefficient (Wildman–Crippen LogP) is 3.97. The minimum atomic E-state index is -1.08. The van der Waals surface area contributed by atoms with E-state index >= 15 is 0 Å². The molecule has 1 amide bonds. The van der Waals surface area contributed by atoms with Gasteiger partial charge in [-0.15, -0.1) is 0 Å². The van der Waals surface area contributed by atoms with E-state index in [9.17, 15) is 14.7 Å². The lowest BCUT2D eigenvalue weighted by atomic mass is 10.1. The lowest BCUT2D eigenvalue weighted by Crippen LogP contribution is -2.13. The Balaban J connectivity index is 2.21. The molecule has 28 heavy (non-hydrogen) atoms. The van der Waals surface area contributed by atoms with Crippen molar-refractivity contribution >= 4 is 17.6 Å². The van der Waals surface area contributed by atoms with Crippen molar-refractivity contribution in [3.05, 3.63) is 53.1 Å². The first-order valence-electron chi connectivity index (χ1n) is 8.96. The van der Waals surface area contributed by atoms with Gasteiger partial charge in [0.1, 0.15) is 0 Å². The van der Waals surface area contributed by atoms with E-state index in [-0.39, 0.29) is 18.1 Å². The molecule has 0 radical (unpaired) electrons. The van der Waals surface area contributed by atoms with Crippen LogP contribution >= 0.6 is 0 Å². The second-order valence-corrected chi connectivity index (χ2v) is 6.18. The van der Waals surface area contributed by atoms with Crippen molar-refractivity contribution in [2.75, 3.05) is 26.1 Å². The number of carboxylic acid groups (broad SMARTS) is 1. The lowest BCUT2D eigenvalue weighted by molar-refractivity contribution is 0.0696. The summed E-state index contributed by atoms with van der Waals surface area (Å²) in [5.74, 6) is -0.432. The van der Waals surface area contributed by atoms with E-state index < -0.39 is 5.97 Å². The normalized spacial score (nSPS) is 10.4. The maximum absolute atomic E-state index is 12.6. The maximum Gasteiger partial charge on any atom is 0.335 e. The molecule has 0 saturated carbocycles. The number of carbonyl (C=O) groups excluding carboxylic acids is 1. The third-order valence-electron chi connectivity index (χ3n) is 3.99. The zero-order chi connectivity index (χ0) is 20.5. The number of methoxy groups -OCH3 is 2. The van der Waals surface area contributed by atoms with Crippen molar-refractivity contribution < 1.29 is 28.9 Å². The highest BCUT2D eigenvalue weighted by Crippen LogP contribution is 2.29. The van der Waals surface area contributed by atoms with Crippen LogP contribution in [0.4, 0.5) is 5.69 Å². The summed E-state index contributed by atoms with van der Waals surface area (Å²) >= 11 is 0. The summed E-state index contributed by atoms with van der Waals surface area (Å²) in [6, 6.07) is 9.50. The first kappa shape index (κ1) is 21.2. The van der Waals surface area contributed by atoms with E-state index in [1.807, 2.05) is 0 Å². The maximum atomic E-state index is 12.6. The minimum Gasteiger partial charge on any atom is -0.493 e. The number of hydrogen-bond acceptors (Lipinski definition) is 5. The fourth-order valence-electron chi connectivity index (χ4n) is 2.60. The van der Waals surface area contributed by atoms with Gasteiger partial charge in [-0.2, -0.15) is 0 Å². The van der Waals surface area contributed by atoms with Crippen LogP contribution in [0.3, 0.4) is 0 Å². The molecule has 7 nitrogen and oxygen atoms in total. The molecule has 0 heterocycles. The first-order chi connectivity index (χ1) is 13.5. The van der Waals surface area contributed by atoms with E-state index in [0.717, 1.165) is 12.8 Å². The van der Waals surface area contributed by atoms with Crippen LogP contribution in [-0.2, 0) is 11.3 Å². The average molecular weight is 387 g/mol. The fourth-order valence-corrected chi connectivity index (χ4v) is 2.60. The van der Waals surface area contributed by atoms with Crippen LogP contribution in [0.15, 0.2) is 36.4 Å². The summed E-state index contributed by atoms with van der Waals surface area (Å²) in [6.45, 7) is 2.88. The van der Waals surface area contributed by atoms with Gasteiger partial charge >= 0.3 is 5.97 Å². The zero-order valence-electron chi connectivity index (χ0n) is 16.3. The Hall–Kier alpha value is -3.06. The van der Waals surface area contributed by atoms with Gasteiger partial charge in [-0.25, -0.2) is 4.79 Å². The van der Waals surface area contributed by atoms with Gasteiger partial charge in [-0.1, -0.05) is 13.3 Å². The Kier molecular flexibility index (Phi) is 7.83. The largest absolute Gasteiger partial charge is 0.493 e. The third-order valence-corrected chi connectivity index (χ3v) is 3.99.